The molecule has 1 saturated heterocycles. The molecular weight excluding hydrogens is 314 g/mol. The molecule has 1 aromatic heterocycles. The van der Waals surface area contributed by atoms with E-state index in [1.807, 2.05) is 6.92 Å². The molecule has 0 radical (unpaired) electrons. The number of aromatic nitrogens is 1. The molecule has 1 atom stereocenters. The fraction of sp³-hybridized carbons (Fsp3) is 0.562. The Labute approximate surface area is 140 Å². The monoisotopic (exact) mass is 335 g/mol. The molecule has 0 bridgehead atoms. The van der Waals surface area contributed by atoms with Crippen LogP contribution in [0.15, 0.2) is 6.07 Å². The lowest BCUT2D eigenvalue weighted by molar-refractivity contribution is -0.147. The summed E-state index contributed by atoms with van der Waals surface area (Å²) in [5.41, 5.74) is 1.93. The van der Waals surface area contributed by atoms with E-state index in [9.17, 15) is 9.59 Å². The van der Waals surface area contributed by atoms with Gasteiger partial charge in [-0.05, 0) is 13.0 Å². The van der Waals surface area contributed by atoms with Gasteiger partial charge in [-0.1, -0.05) is 0 Å². The molecule has 0 saturated carbocycles. The highest BCUT2D eigenvalue weighted by Crippen LogP contribution is 2.26. The zero-order valence-electron chi connectivity index (χ0n) is 13.8. The number of carbonyl (C=O) groups is 2. The average Bonchev–Trinajstić information content (AvgIpc) is 2.94. The predicted molar refractivity (Wildman–Crippen MR) is 83.6 cm³/mol. The van der Waals surface area contributed by atoms with E-state index in [0.717, 1.165) is 0 Å². The maximum absolute atomic E-state index is 12.3. The van der Waals surface area contributed by atoms with Crippen LogP contribution in [0, 0.1) is 0 Å². The first-order valence-electron chi connectivity index (χ1n) is 7.97. The zero-order chi connectivity index (χ0) is 17.1. The average molecular weight is 335 g/mol. The van der Waals surface area contributed by atoms with Gasteiger partial charge < -0.3 is 24.4 Å². The number of pyridine rings is 1. The van der Waals surface area contributed by atoms with E-state index < -0.39 is 6.10 Å². The van der Waals surface area contributed by atoms with Gasteiger partial charge in [-0.2, -0.15) is 0 Å². The maximum atomic E-state index is 12.3. The largest absolute Gasteiger partial charge is 0.481 e. The summed E-state index contributed by atoms with van der Waals surface area (Å²) in [6, 6.07) is 1.75. The smallest absolute Gasteiger partial charge is 0.256 e. The van der Waals surface area contributed by atoms with Crippen molar-refractivity contribution in [2.45, 2.75) is 26.1 Å². The summed E-state index contributed by atoms with van der Waals surface area (Å²) in [5, 5.41) is 2.79. The molecule has 0 spiro atoms. The molecule has 8 heteroatoms. The lowest BCUT2D eigenvalue weighted by atomic mass is 10.1. The number of methoxy groups -OCH3 is 1. The minimum atomic E-state index is -0.607. The van der Waals surface area contributed by atoms with Crippen molar-refractivity contribution in [2.75, 3.05) is 33.5 Å². The van der Waals surface area contributed by atoms with Gasteiger partial charge in [0.2, 0.25) is 5.88 Å². The van der Waals surface area contributed by atoms with Crippen LogP contribution in [0.4, 0.5) is 0 Å². The second-order valence-corrected chi connectivity index (χ2v) is 5.62. The van der Waals surface area contributed by atoms with Crippen molar-refractivity contribution in [3.05, 3.63) is 22.9 Å². The highest BCUT2D eigenvalue weighted by atomic mass is 16.6. The quantitative estimate of drug-likeness (QED) is 0.821. The molecule has 1 fully saturated rings. The fourth-order valence-corrected chi connectivity index (χ4v) is 2.80. The molecule has 3 heterocycles. The minimum absolute atomic E-state index is 0.0424. The van der Waals surface area contributed by atoms with Crippen LogP contribution in [0.3, 0.4) is 0 Å². The second-order valence-electron chi connectivity index (χ2n) is 5.62. The Morgan fingerprint density at radius 2 is 2.33 bits per heavy atom. The number of hydrogen-bond acceptors (Lipinski definition) is 6. The van der Waals surface area contributed by atoms with E-state index in [0.29, 0.717) is 49.0 Å². The predicted octanol–water partition coefficient (Wildman–Crippen LogP) is 0.0975. The van der Waals surface area contributed by atoms with Crippen molar-refractivity contribution in [2.24, 2.45) is 0 Å². The number of carbonyl (C=O) groups excluding carboxylic acids is 2. The summed E-state index contributed by atoms with van der Waals surface area (Å²) >= 11 is 0. The first-order chi connectivity index (χ1) is 11.6. The first-order valence-corrected chi connectivity index (χ1v) is 7.97. The van der Waals surface area contributed by atoms with E-state index >= 15 is 0 Å². The number of ether oxygens (including phenoxy) is 3. The normalized spacial score (nSPS) is 20.0. The van der Waals surface area contributed by atoms with Crippen LogP contribution in [0.5, 0.6) is 5.88 Å². The van der Waals surface area contributed by atoms with Crippen molar-refractivity contribution in [3.63, 3.8) is 0 Å². The summed E-state index contributed by atoms with van der Waals surface area (Å²) in [5.74, 6) is 0.124. The van der Waals surface area contributed by atoms with Crippen LogP contribution in [-0.2, 0) is 27.4 Å². The summed E-state index contributed by atoms with van der Waals surface area (Å²) in [7, 11) is 1.52. The lowest BCUT2D eigenvalue weighted by Gasteiger charge is -2.22. The second kappa shape index (κ2) is 7.14. The molecule has 130 valence electrons. The van der Waals surface area contributed by atoms with Gasteiger partial charge in [-0.3, -0.25) is 9.59 Å². The Morgan fingerprint density at radius 1 is 1.50 bits per heavy atom. The van der Waals surface area contributed by atoms with Gasteiger partial charge in [0.15, 0.2) is 6.10 Å². The minimum Gasteiger partial charge on any atom is -0.481 e. The number of nitrogens with zero attached hydrogens (tertiary/aromatic N) is 2. The van der Waals surface area contributed by atoms with Crippen LogP contribution in [0.2, 0.25) is 0 Å². The van der Waals surface area contributed by atoms with Gasteiger partial charge in [0.1, 0.15) is 0 Å². The van der Waals surface area contributed by atoms with Crippen LogP contribution in [-0.4, -0.2) is 61.3 Å². The van der Waals surface area contributed by atoms with E-state index in [1.165, 1.54) is 7.11 Å². The third-order valence-corrected chi connectivity index (χ3v) is 4.14. The Kier molecular flexibility index (Phi) is 4.96. The van der Waals surface area contributed by atoms with Crippen molar-refractivity contribution in [3.8, 4) is 5.88 Å². The topological polar surface area (TPSA) is 90.0 Å². The summed E-state index contributed by atoms with van der Waals surface area (Å²) in [6.45, 7) is 4.40. The molecule has 8 nitrogen and oxygen atoms in total. The Hall–Kier alpha value is -2.19. The number of hydrogen-bond donors (Lipinski definition) is 1. The number of fused-ring (bicyclic) bond motifs is 1. The van der Waals surface area contributed by atoms with Crippen LogP contribution >= 0.6 is 0 Å². The SMILES string of the molecule is CCN1Cc2nc(OC)c(CNC(=O)C3COCCO3)cc2C1=O. The van der Waals surface area contributed by atoms with Crippen molar-refractivity contribution in [1.82, 2.24) is 15.2 Å². The molecule has 2 aliphatic rings. The van der Waals surface area contributed by atoms with E-state index in [2.05, 4.69) is 10.3 Å². The van der Waals surface area contributed by atoms with E-state index in [4.69, 9.17) is 14.2 Å². The number of amides is 2. The maximum Gasteiger partial charge on any atom is 0.256 e. The number of rotatable bonds is 5. The first kappa shape index (κ1) is 16.7. The zero-order valence-corrected chi connectivity index (χ0v) is 13.8. The lowest BCUT2D eigenvalue weighted by Crippen LogP contribution is -2.42. The molecule has 24 heavy (non-hydrogen) atoms. The van der Waals surface area contributed by atoms with Crippen LogP contribution < -0.4 is 10.1 Å². The van der Waals surface area contributed by atoms with Gasteiger partial charge in [-0.15, -0.1) is 0 Å². The summed E-state index contributed by atoms with van der Waals surface area (Å²) in [6.07, 6.45) is -0.607. The molecular formula is C16H21N3O5. The van der Waals surface area contributed by atoms with Gasteiger partial charge in [0.05, 0.1) is 44.7 Å². The fourth-order valence-electron chi connectivity index (χ4n) is 2.80. The Morgan fingerprint density at radius 3 is 3.00 bits per heavy atom. The molecule has 1 N–H and O–H groups in total. The van der Waals surface area contributed by atoms with Crippen LogP contribution in [0.25, 0.3) is 0 Å². The molecule has 1 aromatic rings. The van der Waals surface area contributed by atoms with Gasteiger partial charge in [0, 0.05) is 18.7 Å². The molecule has 0 aromatic carbocycles. The van der Waals surface area contributed by atoms with Gasteiger partial charge in [-0.25, -0.2) is 4.98 Å². The third kappa shape index (κ3) is 3.20. The van der Waals surface area contributed by atoms with Crippen LogP contribution in [0.1, 0.15) is 28.5 Å². The van der Waals surface area contributed by atoms with Gasteiger partial charge >= 0.3 is 0 Å². The van der Waals surface area contributed by atoms with Crippen molar-refractivity contribution >= 4 is 11.8 Å². The summed E-state index contributed by atoms with van der Waals surface area (Å²) in [4.78, 5) is 30.5. The summed E-state index contributed by atoms with van der Waals surface area (Å²) < 4.78 is 15.9. The van der Waals surface area contributed by atoms with E-state index in [1.54, 1.807) is 11.0 Å². The standard InChI is InChI=1S/C16H21N3O5/c1-3-19-8-12-11(16(19)21)6-10(15(18-12)22-2)7-17-14(20)13-9-23-4-5-24-13/h6,13H,3-5,7-9H2,1-2H3,(H,17,20). The molecule has 2 aliphatic heterocycles. The van der Waals surface area contributed by atoms with Gasteiger partial charge in [0.25, 0.3) is 11.8 Å². The number of nitrogens with one attached hydrogen (secondary N) is 1. The van der Waals surface area contributed by atoms with Crippen molar-refractivity contribution in [1.29, 1.82) is 0 Å². The molecule has 1 unspecified atom stereocenters. The molecule has 3 rings (SSSR count). The van der Waals surface area contributed by atoms with E-state index in [-0.39, 0.29) is 25.0 Å². The molecule has 2 amide bonds. The Bertz CT molecular complexity index is 643. The highest BCUT2D eigenvalue weighted by molar-refractivity contribution is 5.98. The highest BCUT2D eigenvalue weighted by Gasteiger charge is 2.29. The Balaban J connectivity index is 1.72. The molecule has 0 aliphatic carbocycles. The third-order valence-electron chi connectivity index (χ3n) is 4.14. The van der Waals surface area contributed by atoms with Crippen molar-refractivity contribution < 1.29 is 23.8 Å².